The van der Waals surface area contributed by atoms with Gasteiger partial charge in [-0.25, -0.2) is 14.8 Å². The van der Waals surface area contributed by atoms with Gasteiger partial charge >= 0.3 is 5.97 Å². The van der Waals surface area contributed by atoms with Crippen LogP contribution in [0.3, 0.4) is 0 Å². The molecule has 0 saturated heterocycles. The number of hydrogen-bond acceptors (Lipinski definition) is 7. The van der Waals surface area contributed by atoms with Crippen molar-refractivity contribution in [2.24, 2.45) is 0 Å². The normalized spacial score (nSPS) is 10.3. The van der Waals surface area contributed by atoms with E-state index in [-0.39, 0.29) is 23.8 Å². The second-order valence-electron chi connectivity index (χ2n) is 5.20. The van der Waals surface area contributed by atoms with Gasteiger partial charge in [0.15, 0.2) is 5.76 Å². The summed E-state index contributed by atoms with van der Waals surface area (Å²) in [6.45, 7) is 0.281. The summed E-state index contributed by atoms with van der Waals surface area (Å²) in [5.41, 5.74) is 1.03. The molecule has 26 heavy (non-hydrogen) atoms. The minimum Gasteiger partial charge on any atom is -0.478 e. The van der Waals surface area contributed by atoms with Crippen LogP contribution in [0.5, 0.6) is 0 Å². The van der Waals surface area contributed by atoms with Crippen molar-refractivity contribution in [1.82, 2.24) is 20.3 Å². The van der Waals surface area contributed by atoms with Gasteiger partial charge in [0, 0.05) is 19.4 Å². The Labute approximate surface area is 148 Å². The van der Waals surface area contributed by atoms with Crippen LogP contribution in [0, 0.1) is 0 Å². The number of carbonyl (C=O) groups is 2. The Morgan fingerprint density at radius 3 is 2.69 bits per heavy atom. The number of hydrogen-bond donors (Lipinski definition) is 3. The Hall–Kier alpha value is -3.75. The molecule has 3 N–H and O–H groups in total. The first-order valence-corrected chi connectivity index (χ1v) is 7.64. The molecular formula is C17H15N5O4. The van der Waals surface area contributed by atoms with Crippen LogP contribution in [0.15, 0.2) is 47.1 Å². The van der Waals surface area contributed by atoms with E-state index in [0.717, 1.165) is 0 Å². The minimum absolute atomic E-state index is 0.125. The molecule has 0 aromatic carbocycles. The van der Waals surface area contributed by atoms with Gasteiger partial charge in [-0.15, -0.1) is 0 Å². The maximum atomic E-state index is 11.5. The van der Waals surface area contributed by atoms with E-state index < -0.39 is 5.97 Å². The van der Waals surface area contributed by atoms with E-state index in [4.69, 9.17) is 9.52 Å². The molecule has 1 amide bonds. The maximum absolute atomic E-state index is 11.5. The third-order valence-electron chi connectivity index (χ3n) is 3.46. The molecule has 0 unspecified atom stereocenters. The first kappa shape index (κ1) is 17.1. The second kappa shape index (κ2) is 7.43. The summed E-state index contributed by atoms with van der Waals surface area (Å²) < 4.78 is 5.41. The minimum atomic E-state index is -1.04. The van der Waals surface area contributed by atoms with Crippen LogP contribution in [0.2, 0.25) is 0 Å². The molecule has 3 rings (SSSR count). The average molecular weight is 353 g/mol. The van der Waals surface area contributed by atoms with Gasteiger partial charge in [-0.2, -0.15) is 0 Å². The zero-order chi connectivity index (χ0) is 18.5. The lowest BCUT2D eigenvalue weighted by Crippen LogP contribution is -2.16. The fourth-order valence-corrected chi connectivity index (χ4v) is 2.17. The van der Waals surface area contributed by atoms with Gasteiger partial charge in [-0.3, -0.25) is 9.78 Å². The largest absolute Gasteiger partial charge is 0.478 e. The van der Waals surface area contributed by atoms with Crippen molar-refractivity contribution in [3.63, 3.8) is 0 Å². The summed E-state index contributed by atoms with van der Waals surface area (Å²) in [7, 11) is 1.52. The van der Waals surface area contributed by atoms with Gasteiger partial charge < -0.3 is 20.2 Å². The average Bonchev–Trinajstić information content (AvgIpc) is 3.15. The molecule has 3 aromatic heterocycles. The Balaban J connectivity index is 1.73. The number of furan rings is 1. The van der Waals surface area contributed by atoms with E-state index in [9.17, 15) is 9.59 Å². The molecule has 0 fully saturated rings. The predicted molar refractivity (Wildman–Crippen MR) is 91.6 cm³/mol. The number of carbonyl (C=O) groups excluding carboxylic acids is 1. The third kappa shape index (κ3) is 3.83. The molecule has 0 aliphatic heterocycles. The van der Waals surface area contributed by atoms with Gasteiger partial charge in [0.1, 0.15) is 5.76 Å². The number of anilines is 1. The van der Waals surface area contributed by atoms with Crippen LogP contribution in [0.4, 0.5) is 5.95 Å². The number of nitrogens with one attached hydrogen (secondary N) is 2. The van der Waals surface area contributed by atoms with Crippen LogP contribution in [-0.2, 0) is 6.54 Å². The highest BCUT2D eigenvalue weighted by molar-refractivity contribution is 5.91. The smallest absolute Gasteiger partial charge is 0.335 e. The molecule has 0 atom stereocenters. The van der Waals surface area contributed by atoms with Gasteiger partial charge in [0.2, 0.25) is 5.95 Å². The van der Waals surface area contributed by atoms with E-state index in [1.807, 2.05) is 0 Å². The van der Waals surface area contributed by atoms with E-state index in [1.165, 1.54) is 31.6 Å². The van der Waals surface area contributed by atoms with Crippen molar-refractivity contribution in [3.8, 4) is 11.4 Å². The number of aromatic carboxylic acids is 1. The highest BCUT2D eigenvalue weighted by Gasteiger charge is 2.10. The zero-order valence-electron chi connectivity index (χ0n) is 13.8. The lowest BCUT2D eigenvalue weighted by Gasteiger charge is -2.05. The number of rotatable bonds is 6. The van der Waals surface area contributed by atoms with Crippen molar-refractivity contribution in [2.75, 3.05) is 12.4 Å². The molecule has 3 aromatic rings. The molecule has 9 nitrogen and oxygen atoms in total. The third-order valence-corrected chi connectivity index (χ3v) is 3.46. The first-order chi connectivity index (χ1) is 12.6. The van der Waals surface area contributed by atoms with Gasteiger partial charge in [-0.1, -0.05) is 0 Å². The molecule has 9 heteroatoms. The monoisotopic (exact) mass is 353 g/mol. The zero-order valence-corrected chi connectivity index (χ0v) is 13.8. The molecule has 3 heterocycles. The fraction of sp³-hybridized carbons (Fsp3) is 0.118. The predicted octanol–water partition coefficient (Wildman–Crippen LogP) is 1.80. The summed E-state index contributed by atoms with van der Waals surface area (Å²) in [4.78, 5) is 35.1. The molecule has 0 radical (unpaired) electrons. The van der Waals surface area contributed by atoms with E-state index >= 15 is 0 Å². The number of nitrogens with zero attached hydrogens (tertiary/aromatic N) is 3. The summed E-state index contributed by atoms with van der Waals surface area (Å²) in [6, 6.07) is 7.74. The summed E-state index contributed by atoms with van der Waals surface area (Å²) in [5.74, 6) is -0.259. The molecule has 0 spiro atoms. The van der Waals surface area contributed by atoms with E-state index in [0.29, 0.717) is 23.1 Å². The topological polar surface area (TPSA) is 130 Å². The first-order valence-electron chi connectivity index (χ1n) is 7.64. The Kier molecular flexibility index (Phi) is 4.88. The van der Waals surface area contributed by atoms with Crippen LogP contribution >= 0.6 is 0 Å². The highest BCUT2D eigenvalue weighted by atomic mass is 16.4. The number of pyridine rings is 1. The number of carboxylic acid groups (broad SMARTS) is 1. The maximum Gasteiger partial charge on any atom is 0.335 e. The molecule has 0 saturated carbocycles. The summed E-state index contributed by atoms with van der Waals surface area (Å²) >= 11 is 0. The number of aromatic nitrogens is 3. The Bertz CT molecular complexity index is 954. The van der Waals surface area contributed by atoms with Gasteiger partial charge in [0.25, 0.3) is 5.91 Å². The van der Waals surface area contributed by atoms with Crippen molar-refractivity contribution in [1.29, 1.82) is 0 Å². The van der Waals surface area contributed by atoms with Gasteiger partial charge in [-0.05, 0) is 30.3 Å². The number of carboxylic acids is 1. The molecule has 132 valence electrons. The van der Waals surface area contributed by atoms with Crippen molar-refractivity contribution in [2.45, 2.75) is 6.54 Å². The second-order valence-corrected chi connectivity index (χ2v) is 5.20. The van der Waals surface area contributed by atoms with E-state index in [2.05, 4.69) is 25.6 Å². The van der Waals surface area contributed by atoms with Crippen molar-refractivity contribution < 1.29 is 19.1 Å². The van der Waals surface area contributed by atoms with Crippen LogP contribution in [0.1, 0.15) is 26.7 Å². The van der Waals surface area contributed by atoms with Crippen LogP contribution in [-0.4, -0.2) is 39.0 Å². The standard InChI is InChI=1S/C17H15N5O4/c1-18-15(23)14-3-2-11(26-14)9-21-17-20-7-5-12(22-17)13-8-10(16(24)25)4-6-19-13/h2-8H,9H2,1H3,(H,18,23)(H,24,25)(H,20,21,22). The van der Waals surface area contributed by atoms with Crippen molar-refractivity contribution >= 4 is 17.8 Å². The summed E-state index contributed by atoms with van der Waals surface area (Å²) in [5, 5.41) is 14.5. The Morgan fingerprint density at radius 2 is 1.92 bits per heavy atom. The molecule has 0 aliphatic carbocycles. The van der Waals surface area contributed by atoms with Gasteiger partial charge in [0.05, 0.1) is 23.5 Å². The van der Waals surface area contributed by atoms with Crippen LogP contribution < -0.4 is 10.6 Å². The molecular weight excluding hydrogens is 338 g/mol. The highest BCUT2D eigenvalue weighted by Crippen LogP contribution is 2.17. The van der Waals surface area contributed by atoms with Crippen molar-refractivity contribution in [3.05, 3.63) is 59.8 Å². The number of amides is 1. The lowest BCUT2D eigenvalue weighted by atomic mass is 10.2. The van der Waals surface area contributed by atoms with E-state index in [1.54, 1.807) is 18.2 Å². The van der Waals surface area contributed by atoms with Crippen LogP contribution in [0.25, 0.3) is 11.4 Å². The molecule has 0 aliphatic rings. The Morgan fingerprint density at radius 1 is 1.12 bits per heavy atom. The lowest BCUT2D eigenvalue weighted by molar-refractivity contribution is 0.0696. The summed E-state index contributed by atoms with van der Waals surface area (Å²) in [6.07, 6.45) is 2.95. The quantitative estimate of drug-likeness (QED) is 0.611. The molecule has 0 bridgehead atoms. The fourth-order valence-electron chi connectivity index (χ4n) is 2.17. The SMILES string of the molecule is CNC(=O)c1ccc(CNc2nccc(-c3cc(C(=O)O)ccn3)n2)o1.